The van der Waals surface area contributed by atoms with Crippen LogP contribution in [0.1, 0.15) is 32.1 Å². The molecule has 0 radical (unpaired) electrons. The maximum Gasteiger partial charge on any atom is 0.330 e. The molecule has 1 aromatic heterocycles. The van der Waals surface area contributed by atoms with Crippen molar-refractivity contribution in [3.05, 3.63) is 32.6 Å². The van der Waals surface area contributed by atoms with Crippen LogP contribution in [0.2, 0.25) is 0 Å². The fourth-order valence-corrected chi connectivity index (χ4v) is 2.19. The summed E-state index contributed by atoms with van der Waals surface area (Å²) < 4.78 is 6.51. The maximum absolute atomic E-state index is 11.8. The van der Waals surface area contributed by atoms with Crippen molar-refractivity contribution in [1.29, 1.82) is 0 Å². The van der Waals surface area contributed by atoms with Gasteiger partial charge in [0, 0.05) is 6.20 Å². The van der Waals surface area contributed by atoms with Crippen LogP contribution in [0.25, 0.3) is 0 Å². The van der Waals surface area contributed by atoms with E-state index >= 15 is 0 Å². The molecular formula is C13H16N2O5. The summed E-state index contributed by atoms with van der Waals surface area (Å²) in [6, 6.07) is 0. The lowest BCUT2D eigenvalue weighted by Crippen LogP contribution is -2.38. The van der Waals surface area contributed by atoms with Crippen molar-refractivity contribution in [2.45, 2.75) is 44.8 Å². The minimum absolute atomic E-state index is 0.0948. The Balaban J connectivity index is 2.47. The second-order valence-corrected chi connectivity index (χ2v) is 4.54. The Hall–Kier alpha value is -1.88. The SMILES string of the molecule is CC#Cc1cn(C2O[C@H](CC)[C@@H](O)[C@H]2O)c(=O)[nH]c1=O. The molecule has 0 aromatic carbocycles. The van der Waals surface area contributed by atoms with Crippen LogP contribution < -0.4 is 11.2 Å². The molecule has 0 bridgehead atoms. The molecule has 0 aliphatic carbocycles. The molecule has 7 nitrogen and oxygen atoms in total. The molecule has 3 N–H and O–H groups in total. The summed E-state index contributed by atoms with van der Waals surface area (Å²) in [6.07, 6.45) is -2.20. The molecule has 1 aliphatic heterocycles. The average Bonchev–Trinajstić information content (AvgIpc) is 2.70. The number of aliphatic hydroxyl groups excluding tert-OH is 2. The van der Waals surface area contributed by atoms with Crippen molar-refractivity contribution in [1.82, 2.24) is 9.55 Å². The maximum atomic E-state index is 11.8. The lowest BCUT2D eigenvalue weighted by Gasteiger charge is -2.17. The van der Waals surface area contributed by atoms with Crippen molar-refractivity contribution in [3.63, 3.8) is 0 Å². The molecule has 1 unspecified atom stereocenters. The molecule has 2 heterocycles. The standard InChI is InChI=1S/C13H16N2O5/c1-3-5-7-6-15(13(19)14-11(7)18)12-10(17)9(16)8(4-2)20-12/h6,8-10,12,16-17H,4H2,1-2H3,(H,14,18,19)/t8-,9-,10-,12?/m1/s1. The smallest absolute Gasteiger partial charge is 0.330 e. The molecule has 1 aromatic rings. The highest BCUT2D eigenvalue weighted by Crippen LogP contribution is 2.29. The fraction of sp³-hybridized carbons (Fsp3) is 0.538. The van der Waals surface area contributed by atoms with Crippen LogP contribution >= 0.6 is 0 Å². The van der Waals surface area contributed by atoms with E-state index in [-0.39, 0.29) is 5.56 Å². The molecule has 0 spiro atoms. The molecule has 20 heavy (non-hydrogen) atoms. The highest BCUT2D eigenvalue weighted by atomic mass is 16.6. The van der Waals surface area contributed by atoms with Crippen LogP contribution in [0.5, 0.6) is 0 Å². The number of ether oxygens (including phenoxy) is 1. The first-order valence-electron chi connectivity index (χ1n) is 6.29. The van der Waals surface area contributed by atoms with E-state index in [1.807, 2.05) is 0 Å². The quantitative estimate of drug-likeness (QED) is 0.599. The molecule has 0 amide bonds. The van der Waals surface area contributed by atoms with Gasteiger partial charge in [0.05, 0.1) is 6.10 Å². The minimum Gasteiger partial charge on any atom is -0.388 e. The zero-order chi connectivity index (χ0) is 14.9. The third kappa shape index (κ3) is 2.41. The summed E-state index contributed by atoms with van der Waals surface area (Å²) in [6.45, 7) is 3.36. The van der Waals surface area contributed by atoms with Crippen molar-refractivity contribution in [3.8, 4) is 11.8 Å². The van der Waals surface area contributed by atoms with Gasteiger partial charge in [-0.05, 0) is 13.3 Å². The average molecular weight is 280 g/mol. The molecule has 108 valence electrons. The van der Waals surface area contributed by atoms with Gasteiger partial charge in [0.2, 0.25) is 0 Å². The molecule has 7 heteroatoms. The van der Waals surface area contributed by atoms with Crippen LogP contribution in [0.15, 0.2) is 15.8 Å². The van der Waals surface area contributed by atoms with Crippen LogP contribution in [-0.4, -0.2) is 38.1 Å². The van der Waals surface area contributed by atoms with Gasteiger partial charge < -0.3 is 14.9 Å². The second kappa shape index (κ2) is 5.63. The van der Waals surface area contributed by atoms with Crippen molar-refractivity contribution in [2.24, 2.45) is 0 Å². The number of hydrogen-bond acceptors (Lipinski definition) is 5. The first-order chi connectivity index (χ1) is 9.49. The Bertz CT molecular complexity index is 666. The van der Waals surface area contributed by atoms with E-state index in [4.69, 9.17) is 4.74 Å². The van der Waals surface area contributed by atoms with E-state index in [2.05, 4.69) is 16.8 Å². The Kier molecular flexibility index (Phi) is 4.09. The molecular weight excluding hydrogens is 264 g/mol. The molecule has 0 saturated carbocycles. The van der Waals surface area contributed by atoms with Gasteiger partial charge >= 0.3 is 5.69 Å². The monoisotopic (exact) mass is 280 g/mol. The number of nitrogens with one attached hydrogen (secondary N) is 1. The Morgan fingerprint density at radius 2 is 2.10 bits per heavy atom. The van der Waals surface area contributed by atoms with Gasteiger partial charge in [-0.25, -0.2) is 4.79 Å². The summed E-state index contributed by atoms with van der Waals surface area (Å²) in [5, 5.41) is 19.8. The number of hydrogen-bond donors (Lipinski definition) is 3. The first kappa shape index (κ1) is 14.5. The highest BCUT2D eigenvalue weighted by molar-refractivity contribution is 5.28. The van der Waals surface area contributed by atoms with E-state index in [1.165, 1.54) is 6.20 Å². The predicted molar refractivity (Wildman–Crippen MR) is 70.1 cm³/mol. The van der Waals surface area contributed by atoms with E-state index in [1.54, 1.807) is 13.8 Å². The Labute approximate surface area is 114 Å². The number of rotatable bonds is 2. The number of aromatic amines is 1. The van der Waals surface area contributed by atoms with E-state index in [0.29, 0.717) is 6.42 Å². The summed E-state index contributed by atoms with van der Waals surface area (Å²) in [7, 11) is 0. The Morgan fingerprint density at radius 1 is 1.40 bits per heavy atom. The zero-order valence-electron chi connectivity index (χ0n) is 11.2. The summed E-state index contributed by atoms with van der Waals surface area (Å²) in [4.78, 5) is 25.5. The molecule has 1 aliphatic rings. The van der Waals surface area contributed by atoms with Gasteiger partial charge in [-0.15, -0.1) is 5.92 Å². The molecule has 1 saturated heterocycles. The summed E-state index contributed by atoms with van der Waals surface area (Å²) >= 11 is 0. The largest absolute Gasteiger partial charge is 0.388 e. The second-order valence-electron chi connectivity index (χ2n) is 4.54. The lowest BCUT2D eigenvalue weighted by atomic mass is 10.1. The predicted octanol–water partition coefficient (Wildman–Crippen LogP) is -1.06. The van der Waals surface area contributed by atoms with E-state index in [9.17, 15) is 19.8 Å². The van der Waals surface area contributed by atoms with E-state index < -0.39 is 35.8 Å². The zero-order valence-corrected chi connectivity index (χ0v) is 11.2. The number of aliphatic hydroxyl groups is 2. The van der Waals surface area contributed by atoms with Crippen LogP contribution in [0, 0.1) is 11.8 Å². The fourth-order valence-electron chi connectivity index (χ4n) is 2.19. The van der Waals surface area contributed by atoms with Crippen LogP contribution in [0.3, 0.4) is 0 Å². The summed E-state index contributed by atoms with van der Waals surface area (Å²) in [5.74, 6) is 5.13. The topological polar surface area (TPSA) is 105 Å². The number of aromatic nitrogens is 2. The molecule has 2 rings (SSSR count). The van der Waals surface area contributed by atoms with Gasteiger partial charge in [-0.1, -0.05) is 12.8 Å². The Morgan fingerprint density at radius 3 is 2.65 bits per heavy atom. The van der Waals surface area contributed by atoms with Gasteiger partial charge in [-0.2, -0.15) is 0 Å². The van der Waals surface area contributed by atoms with Crippen molar-refractivity contribution < 1.29 is 14.9 Å². The van der Waals surface area contributed by atoms with Crippen molar-refractivity contribution >= 4 is 0 Å². The summed E-state index contributed by atoms with van der Waals surface area (Å²) in [5.41, 5.74) is -1.22. The minimum atomic E-state index is -1.24. The van der Waals surface area contributed by atoms with Crippen LogP contribution in [-0.2, 0) is 4.74 Å². The normalized spacial score (nSPS) is 29.0. The van der Waals surface area contributed by atoms with Gasteiger partial charge in [0.15, 0.2) is 6.23 Å². The van der Waals surface area contributed by atoms with E-state index in [0.717, 1.165) is 4.57 Å². The van der Waals surface area contributed by atoms with Crippen LogP contribution in [0.4, 0.5) is 0 Å². The molecule has 4 atom stereocenters. The third-order valence-corrected chi connectivity index (χ3v) is 3.24. The van der Waals surface area contributed by atoms with Gasteiger partial charge in [0.25, 0.3) is 5.56 Å². The number of H-pyrrole nitrogens is 1. The number of nitrogens with zero attached hydrogens (tertiary/aromatic N) is 1. The molecule has 1 fully saturated rings. The highest BCUT2D eigenvalue weighted by Gasteiger charge is 2.43. The van der Waals surface area contributed by atoms with Gasteiger partial charge in [-0.3, -0.25) is 14.3 Å². The third-order valence-electron chi connectivity index (χ3n) is 3.24. The lowest BCUT2D eigenvalue weighted by molar-refractivity contribution is -0.0405. The first-order valence-corrected chi connectivity index (χ1v) is 6.29. The van der Waals surface area contributed by atoms with Gasteiger partial charge in [0.1, 0.15) is 17.8 Å². The van der Waals surface area contributed by atoms with Crippen molar-refractivity contribution in [2.75, 3.05) is 0 Å².